The third-order valence-electron chi connectivity index (χ3n) is 4.64. The number of hydrogen-bond donors (Lipinski definition) is 1. The van der Waals surface area contributed by atoms with Gasteiger partial charge in [-0.2, -0.15) is 10.5 Å². The Labute approximate surface area is 152 Å². The minimum Gasteiger partial charge on any atom is -0.368 e. The Bertz CT molecular complexity index is 934. The van der Waals surface area contributed by atoms with Gasteiger partial charge in [-0.15, -0.1) is 0 Å². The predicted molar refractivity (Wildman–Crippen MR) is 97.1 cm³/mol. The third kappa shape index (κ3) is 3.11. The zero-order valence-corrected chi connectivity index (χ0v) is 14.7. The molecule has 2 aromatic carbocycles. The van der Waals surface area contributed by atoms with E-state index in [4.69, 9.17) is 11.0 Å². The number of nitrogens with two attached hydrogens (primary N) is 1. The number of primary amides is 1. The largest absolute Gasteiger partial charge is 0.368 e. The molecule has 0 aliphatic carbocycles. The van der Waals surface area contributed by atoms with Crippen LogP contribution in [0.15, 0.2) is 36.4 Å². The molecule has 1 atom stereocenters. The van der Waals surface area contributed by atoms with Gasteiger partial charge >= 0.3 is 0 Å². The van der Waals surface area contributed by atoms with Crippen LogP contribution in [0, 0.1) is 22.8 Å². The van der Waals surface area contributed by atoms with Gasteiger partial charge in [0, 0.05) is 0 Å². The van der Waals surface area contributed by atoms with Gasteiger partial charge < -0.3 is 10.6 Å². The molecule has 0 saturated heterocycles. The second-order valence-electron chi connectivity index (χ2n) is 6.62. The lowest BCUT2D eigenvalue weighted by Crippen LogP contribution is -2.32. The molecule has 1 aliphatic rings. The number of carbonyl (C=O) groups is 1. The molecular weight excluding hydrogens is 326 g/mol. The van der Waals surface area contributed by atoms with Gasteiger partial charge in [0.2, 0.25) is 5.91 Å². The molecule has 6 heteroatoms. The average Bonchev–Trinajstić information content (AvgIpc) is 3.04. The van der Waals surface area contributed by atoms with Crippen molar-refractivity contribution in [2.45, 2.75) is 19.1 Å². The SMILES string of the molecule is CN(C)C(C(N)=O)c1cc2c(c(-c3ccc(C#N)cc3)c1)CN(C#N)C2. The fourth-order valence-corrected chi connectivity index (χ4v) is 3.46. The molecule has 1 unspecified atom stereocenters. The van der Waals surface area contributed by atoms with Crippen molar-refractivity contribution in [3.8, 4) is 23.4 Å². The molecule has 0 saturated carbocycles. The summed E-state index contributed by atoms with van der Waals surface area (Å²) in [5, 5.41) is 18.3. The number of rotatable bonds is 4. The Hall–Kier alpha value is -3.35. The Morgan fingerprint density at radius 2 is 1.88 bits per heavy atom. The number of nitriles is 2. The highest BCUT2D eigenvalue weighted by molar-refractivity contribution is 5.83. The highest BCUT2D eigenvalue weighted by Crippen LogP contribution is 2.36. The quantitative estimate of drug-likeness (QED) is 0.856. The van der Waals surface area contributed by atoms with Crippen molar-refractivity contribution in [1.29, 1.82) is 10.5 Å². The summed E-state index contributed by atoms with van der Waals surface area (Å²) >= 11 is 0. The fourth-order valence-electron chi connectivity index (χ4n) is 3.46. The Balaban J connectivity index is 2.17. The van der Waals surface area contributed by atoms with Crippen LogP contribution >= 0.6 is 0 Å². The maximum atomic E-state index is 12.0. The molecular formula is C20H19N5O. The van der Waals surface area contributed by atoms with Crippen molar-refractivity contribution in [2.24, 2.45) is 5.73 Å². The summed E-state index contributed by atoms with van der Waals surface area (Å²) in [4.78, 5) is 15.4. The number of carbonyl (C=O) groups excluding carboxylic acids is 1. The zero-order chi connectivity index (χ0) is 18.8. The summed E-state index contributed by atoms with van der Waals surface area (Å²) < 4.78 is 0. The van der Waals surface area contributed by atoms with Gasteiger partial charge in [-0.25, -0.2) is 0 Å². The minimum absolute atomic E-state index is 0.420. The first-order valence-electron chi connectivity index (χ1n) is 8.21. The highest BCUT2D eigenvalue weighted by atomic mass is 16.1. The number of fused-ring (bicyclic) bond motifs is 1. The smallest absolute Gasteiger partial charge is 0.239 e. The van der Waals surface area contributed by atoms with E-state index in [1.54, 1.807) is 21.9 Å². The van der Waals surface area contributed by atoms with E-state index in [1.165, 1.54) is 0 Å². The lowest BCUT2D eigenvalue weighted by molar-refractivity contribution is -0.122. The van der Waals surface area contributed by atoms with Crippen molar-refractivity contribution in [3.63, 3.8) is 0 Å². The molecule has 1 amide bonds. The lowest BCUT2D eigenvalue weighted by atomic mass is 9.91. The minimum atomic E-state index is -0.548. The van der Waals surface area contributed by atoms with Crippen LogP contribution in [0.2, 0.25) is 0 Å². The van der Waals surface area contributed by atoms with Gasteiger partial charge in [0.15, 0.2) is 6.19 Å². The van der Waals surface area contributed by atoms with Crippen molar-refractivity contribution in [1.82, 2.24) is 9.80 Å². The average molecular weight is 345 g/mol. The van der Waals surface area contributed by atoms with Gasteiger partial charge in [0.1, 0.15) is 6.04 Å². The monoisotopic (exact) mass is 345 g/mol. The summed E-state index contributed by atoms with van der Waals surface area (Å²) in [7, 11) is 3.62. The fraction of sp³-hybridized carbons (Fsp3) is 0.250. The normalized spacial score (nSPS) is 13.8. The summed E-state index contributed by atoms with van der Waals surface area (Å²) in [6, 6.07) is 12.8. The van der Waals surface area contributed by atoms with Crippen molar-refractivity contribution in [3.05, 3.63) is 58.7 Å². The van der Waals surface area contributed by atoms with Gasteiger partial charge in [-0.1, -0.05) is 18.2 Å². The molecule has 0 bridgehead atoms. The van der Waals surface area contributed by atoms with Gasteiger partial charge in [0.25, 0.3) is 0 Å². The van der Waals surface area contributed by atoms with E-state index in [0.29, 0.717) is 18.7 Å². The number of amides is 1. The van der Waals surface area contributed by atoms with Crippen LogP contribution in [-0.2, 0) is 17.9 Å². The second-order valence-corrected chi connectivity index (χ2v) is 6.62. The van der Waals surface area contributed by atoms with E-state index in [9.17, 15) is 10.1 Å². The first kappa shape index (κ1) is 17.5. The molecule has 3 rings (SSSR count). The molecule has 26 heavy (non-hydrogen) atoms. The Kier molecular flexibility index (Phi) is 4.62. The predicted octanol–water partition coefficient (Wildman–Crippen LogP) is 2.11. The summed E-state index contributed by atoms with van der Waals surface area (Å²) in [6.45, 7) is 1.05. The second kappa shape index (κ2) is 6.87. The van der Waals surface area contributed by atoms with E-state index < -0.39 is 11.9 Å². The van der Waals surface area contributed by atoms with Gasteiger partial charge in [0.05, 0.1) is 24.7 Å². The van der Waals surface area contributed by atoms with Gasteiger partial charge in [-0.05, 0) is 60.1 Å². The van der Waals surface area contributed by atoms with E-state index in [-0.39, 0.29) is 0 Å². The molecule has 0 spiro atoms. The highest BCUT2D eigenvalue weighted by Gasteiger charge is 2.27. The zero-order valence-electron chi connectivity index (χ0n) is 14.7. The first-order chi connectivity index (χ1) is 12.4. The van der Waals surface area contributed by atoms with E-state index >= 15 is 0 Å². The maximum absolute atomic E-state index is 12.0. The van der Waals surface area contributed by atoms with Crippen LogP contribution in [0.3, 0.4) is 0 Å². The standard InChI is InChI=1S/C20H19N5O/c1-24(2)19(20(23)26)15-7-16-10-25(12-22)11-18(16)17(8-15)14-5-3-13(9-21)4-6-14/h3-8,19H,10-11H2,1-2H3,(H2,23,26). The van der Waals surface area contributed by atoms with Crippen LogP contribution in [-0.4, -0.2) is 29.8 Å². The molecule has 6 nitrogen and oxygen atoms in total. The van der Waals surface area contributed by atoms with E-state index in [2.05, 4.69) is 12.3 Å². The topological polar surface area (TPSA) is 97.2 Å². The van der Waals surface area contributed by atoms with Crippen molar-refractivity contribution < 1.29 is 4.79 Å². The Morgan fingerprint density at radius 3 is 2.42 bits per heavy atom. The summed E-state index contributed by atoms with van der Waals surface area (Å²) in [5.41, 5.74) is 11.0. The third-order valence-corrected chi connectivity index (χ3v) is 4.64. The van der Waals surface area contributed by atoms with Crippen LogP contribution in [0.1, 0.15) is 28.3 Å². The molecule has 0 fully saturated rings. The van der Waals surface area contributed by atoms with Crippen LogP contribution in [0.4, 0.5) is 0 Å². The first-order valence-corrected chi connectivity index (χ1v) is 8.21. The molecule has 0 aromatic heterocycles. The molecule has 1 aliphatic heterocycles. The molecule has 130 valence electrons. The number of nitrogens with zero attached hydrogens (tertiary/aromatic N) is 4. The van der Waals surface area contributed by atoms with E-state index in [1.807, 2.05) is 38.4 Å². The lowest BCUT2D eigenvalue weighted by Gasteiger charge is -2.23. The van der Waals surface area contributed by atoms with Crippen LogP contribution in [0.25, 0.3) is 11.1 Å². The summed E-state index contributed by atoms with van der Waals surface area (Å²) in [5.74, 6) is -0.420. The van der Waals surface area contributed by atoms with Crippen molar-refractivity contribution >= 4 is 5.91 Å². The number of benzene rings is 2. The molecule has 2 N–H and O–H groups in total. The molecule has 2 aromatic rings. The summed E-state index contributed by atoms with van der Waals surface area (Å²) in [6.07, 6.45) is 2.19. The van der Waals surface area contributed by atoms with Gasteiger partial charge in [-0.3, -0.25) is 9.69 Å². The Morgan fingerprint density at radius 1 is 1.19 bits per heavy atom. The number of hydrogen-bond acceptors (Lipinski definition) is 5. The van der Waals surface area contributed by atoms with Crippen LogP contribution < -0.4 is 5.73 Å². The molecule has 0 radical (unpaired) electrons. The van der Waals surface area contributed by atoms with Crippen molar-refractivity contribution in [2.75, 3.05) is 14.1 Å². The number of likely N-dealkylation sites (N-methyl/N-ethyl adjacent to an activating group) is 1. The van der Waals surface area contributed by atoms with Crippen LogP contribution in [0.5, 0.6) is 0 Å². The maximum Gasteiger partial charge on any atom is 0.239 e. The van der Waals surface area contributed by atoms with E-state index in [0.717, 1.165) is 27.8 Å². The molecule has 1 heterocycles.